The molecule has 8 heteroatoms. The average molecular weight is 383 g/mol. The van der Waals surface area contributed by atoms with Gasteiger partial charge in [0.15, 0.2) is 5.82 Å². The molecule has 1 aliphatic heterocycles. The van der Waals surface area contributed by atoms with Gasteiger partial charge in [-0.1, -0.05) is 26.0 Å². The number of nitro groups is 1. The smallest absolute Gasteiger partial charge is 0.270 e. The molecule has 148 valence electrons. The van der Waals surface area contributed by atoms with Gasteiger partial charge in [-0.3, -0.25) is 14.9 Å². The zero-order valence-corrected chi connectivity index (χ0v) is 16.4. The normalized spacial score (nSPS) is 16.9. The highest BCUT2D eigenvalue weighted by atomic mass is 16.6. The first-order valence-corrected chi connectivity index (χ1v) is 9.49. The van der Waals surface area contributed by atoms with Crippen LogP contribution in [0, 0.1) is 23.0 Å². The molecular weight excluding hydrogens is 358 g/mol. The van der Waals surface area contributed by atoms with E-state index in [4.69, 9.17) is 0 Å². The molecule has 1 N–H and O–H groups in total. The zero-order valence-electron chi connectivity index (χ0n) is 16.4. The SMILES string of the molecule is Cc1cc(N2CCCC(NC(=O)C(C)C)C2)nc(-c2cccc([N+](=O)[O-])c2)n1. The van der Waals surface area contributed by atoms with Crippen molar-refractivity contribution in [2.75, 3.05) is 18.0 Å². The molecule has 1 unspecified atom stereocenters. The Labute approximate surface area is 164 Å². The van der Waals surface area contributed by atoms with Crippen LogP contribution in [0.1, 0.15) is 32.4 Å². The van der Waals surface area contributed by atoms with Gasteiger partial charge in [0.05, 0.1) is 4.92 Å². The van der Waals surface area contributed by atoms with Gasteiger partial charge in [0, 0.05) is 54.5 Å². The second kappa shape index (κ2) is 8.33. The van der Waals surface area contributed by atoms with Gasteiger partial charge in [-0.25, -0.2) is 9.97 Å². The van der Waals surface area contributed by atoms with Crippen LogP contribution in [0.2, 0.25) is 0 Å². The topological polar surface area (TPSA) is 101 Å². The number of carbonyl (C=O) groups is 1. The van der Waals surface area contributed by atoms with E-state index in [0.29, 0.717) is 17.9 Å². The van der Waals surface area contributed by atoms with E-state index in [-0.39, 0.29) is 23.6 Å². The molecule has 3 rings (SSSR count). The van der Waals surface area contributed by atoms with Crippen LogP contribution in [0.3, 0.4) is 0 Å². The van der Waals surface area contributed by atoms with Gasteiger partial charge in [0.25, 0.3) is 5.69 Å². The molecule has 0 saturated carbocycles. The Bertz CT molecular complexity index is 884. The number of nitro benzene ring substituents is 1. The number of hydrogen-bond donors (Lipinski definition) is 1. The summed E-state index contributed by atoms with van der Waals surface area (Å²) in [5.41, 5.74) is 1.42. The van der Waals surface area contributed by atoms with E-state index in [9.17, 15) is 14.9 Å². The van der Waals surface area contributed by atoms with Gasteiger partial charge < -0.3 is 10.2 Å². The van der Waals surface area contributed by atoms with Gasteiger partial charge >= 0.3 is 0 Å². The third-order valence-corrected chi connectivity index (χ3v) is 4.77. The largest absolute Gasteiger partial charge is 0.354 e. The highest BCUT2D eigenvalue weighted by molar-refractivity contribution is 5.78. The molecule has 1 aromatic heterocycles. The number of anilines is 1. The van der Waals surface area contributed by atoms with E-state index in [2.05, 4.69) is 20.2 Å². The number of piperidine rings is 1. The van der Waals surface area contributed by atoms with Crippen LogP contribution in [0.25, 0.3) is 11.4 Å². The van der Waals surface area contributed by atoms with Crippen LogP contribution in [0.5, 0.6) is 0 Å². The molecule has 1 fully saturated rings. The van der Waals surface area contributed by atoms with Gasteiger partial charge in [0.2, 0.25) is 5.91 Å². The number of rotatable bonds is 5. The Morgan fingerprint density at radius 3 is 2.82 bits per heavy atom. The third-order valence-electron chi connectivity index (χ3n) is 4.77. The highest BCUT2D eigenvalue weighted by Gasteiger charge is 2.24. The van der Waals surface area contributed by atoms with E-state index < -0.39 is 4.92 Å². The minimum Gasteiger partial charge on any atom is -0.354 e. The first-order valence-electron chi connectivity index (χ1n) is 9.49. The van der Waals surface area contributed by atoms with Crippen molar-refractivity contribution in [2.45, 2.75) is 39.7 Å². The number of hydrogen-bond acceptors (Lipinski definition) is 6. The lowest BCUT2D eigenvalue weighted by Crippen LogP contribution is -2.49. The van der Waals surface area contributed by atoms with Crippen LogP contribution in [0.15, 0.2) is 30.3 Å². The van der Waals surface area contributed by atoms with Crippen molar-refractivity contribution in [2.24, 2.45) is 5.92 Å². The fraction of sp³-hybridized carbons (Fsp3) is 0.450. The summed E-state index contributed by atoms with van der Waals surface area (Å²) in [6.45, 7) is 7.18. The number of carbonyl (C=O) groups excluding carboxylic acids is 1. The van der Waals surface area contributed by atoms with Gasteiger partial charge in [-0.2, -0.15) is 0 Å². The third kappa shape index (κ3) is 4.62. The summed E-state index contributed by atoms with van der Waals surface area (Å²) in [5.74, 6) is 1.25. The van der Waals surface area contributed by atoms with Crippen LogP contribution < -0.4 is 10.2 Å². The summed E-state index contributed by atoms with van der Waals surface area (Å²) in [5, 5.41) is 14.2. The minimum absolute atomic E-state index is 0.0126. The lowest BCUT2D eigenvalue weighted by Gasteiger charge is -2.34. The second-order valence-corrected chi connectivity index (χ2v) is 7.45. The highest BCUT2D eigenvalue weighted by Crippen LogP contribution is 2.25. The molecule has 8 nitrogen and oxygen atoms in total. The molecule has 1 atom stereocenters. The molecule has 0 spiro atoms. The predicted molar refractivity (Wildman–Crippen MR) is 107 cm³/mol. The quantitative estimate of drug-likeness (QED) is 0.629. The number of benzene rings is 1. The Morgan fingerprint density at radius 2 is 2.11 bits per heavy atom. The molecule has 28 heavy (non-hydrogen) atoms. The summed E-state index contributed by atoms with van der Waals surface area (Å²) in [7, 11) is 0. The van der Waals surface area contributed by atoms with E-state index in [1.54, 1.807) is 12.1 Å². The van der Waals surface area contributed by atoms with Crippen molar-refractivity contribution in [3.8, 4) is 11.4 Å². The molecule has 0 bridgehead atoms. The Hall–Kier alpha value is -3.03. The maximum atomic E-state index is 12.0. The second-order valence-electron chi connectivity index (χ2n) is 7.45. The zero-order chi connectivity index (χ0) is 20.3. The summed E-state index contributed by atoms with van der Waals surface area (Å²) in [6.07, 6.45) is 1.90. The first kappa shape index (κ1) is 19.7. The monoisotopic (exact) mass is 383 g/mol. The molecule has 0 radical (unpaired) electrons. The lowest BCUT2D eigenvalue weighted by molar-refractivity contribution is -0.384. The molecular formula is C20H25N5O3. The van der Waals surface area contributed by atoms with Crippen LogP contribution in [-0.2, 0) is 4.79 Å². The van der Waals surface area contributed by atoms with Crippen LogP contribution in [0.4, 0.5) is 11.5 Å². The summed E-state index contributed by atoms with van der Waals surface area (Å²) >= 11 is 0. The van der Waals surface area contributed by atoms with E-state index in [1.807, 2.05) is 26.8 Å². The molecule has 1 saturated heterocycles. The Balaban J connectivity index is 1.84. The summed E-state index contributed by atoms with van der Waals surface area (Å²) < 4.78 is 0. The van der Waals surface area contributed by atoms with Crippen molar-refractivity contribution >= 4 is 17.4 Å². The molecule has 1 amide bonds. The standard InChI is InChI=1S/C20H25N5O3/c1-13(2)20(26)22-16-7-5-9-24(12-16)18-10-14(3)21-19(23-18)15-6-4-8-17(11-15)25(27)28/h4,6,8,10-11,13,16H,5,7,9,12H2,1-3H3,(H,22,26). The van der Waals surface area contributed by atoms with E-state index >= 15 is 0 Å². The lowest BCUT2D eigenvalue weighted by atomic mass is 10.0. The maximum absolute atomic E-state index is 12.0. The number of aromatic nitrogens is 2. The van der Waals surface area contributed by atoms with Gasteiger partial charge in [-0.05, 0) is 19.8 Å². The van der Waals surface area contributed by atoms with Crippen molar-refractivity contribution in [1.82, 2.24) is 15.3 Å². The maximum Gasteiger partial charge on any atom is 0.270 e. The van der Waals surface area contributed by atoms with Crippen molar-refractivity contribution in [3.05, 3.63) is 46.1 Å². The first-order chi connectivity index (χ1) is 13.3. The Kier molecular flexibility index (Phi) is 5.87. The number of nitrogens with zero attached hydrogens (tertiary/aromatic N) is 4. The number of aryl methyl sites for hydroxylation is 1. The Morgan fingerprint density at radius 1 is 1.32 bits per heavy atom. The van der Waals surface area contributed by atoms with Gasteiger partial charge in [0.1, 0.15) is 5.82 Å². The van der Waals surface area contributed by atoms with Crippen molar-refractivity contribution in [1.29, 1.82) is 0 Å². The summed E-state index contributed by atoms with van der Waals surface area (Å²) in [4.78, 5) is 33.9. The number of amides is 1. The predicted octanol–water partition coefficient (Wildman–Crippen LogP) is 3.10. The fourth-order valence-electron chi connectivity index (χ4n) is 3.27. The molecule has 1 aliphatic rings. The van der Waals surface area contributed by atoms with Crippen molar-refractivity contribution in [3.63, 3.8) is 0 Å². The minimum atomic E-state index is -0.424. The van der Waals surface area contributed by atoms with E-state index in [1.165, 1.54) is 12.1 Å². The summed E-state index contributed by atoms with van der Waals surface area (Å²) in [6, 6.07) is 8.34. The molecule has 2 heterocycles. The number of non-ortho nitro benzene ring substituents is 1. The molecule has 0 aliphatic carbocycles. The molecule has 2 aromatic rings. The van der Waals surface area contributed by atoms with E-state index in [0.717, 1.165) is 30.9 Å². The fourth-order valence-corrected chi connectivity index (χ4v) is 3.27. The van der Waals surface area contributed by atoms with Crippen LogP contribution in [-0.4, -0.2) is 39.9 Å². The average Bonchev–Trinajstić information content (AvgIpc) is 2.67. The van der Waals surface area contributed by atoms with Gasteiger partial charge in [-0.15, -0.1) is 0 Å². The number of nitrogens with one attached hydrogen (secondary N) is 1. The van der Waals surface area contributed by atoms with Crippen LogP contribution >= 0.6 is 0 Å². The van der Waals surface area contributed by atoms with Crippen molar-refractivity contribution < 1.29 is 9.72 Å². The molecule has 1 aromatic carbocycles.